The summed E-state index contributed by atoms with van der Waals surface area (Å²) >= 11 is 7.52. The average Bonchev–Trinajstić information content (AvgIpc) is 3.41. The third-order valence-corrected chi connectivity index (χ3v) is 6.54. The maximum atomic E-state index is 12.1. The van der Waals surface area contributed by atoms with E-state index in [1.165, 1.54) is 18.4 Å². The van der Waals surface area contributed by atoms with Crippen LogP contribution in [0.1, 0.15) is 28.1 Å². The fraction of sp³-hybridized carbons (Fsp3) is 0.174. The number of amides is 2. The molecule has 0 fully saturated rings. The first-order valence-electron chi connectivity index (χ1n) is 10.0. The SMILES string of the molecule is COC(=O)Nc1ccn2c(-c3cc(OCC(C)c4ccccc4Cl)c(C(N)=O)s3)cnc2c1. The van der Waals surface area contributed by atoms with Crippen molar-refractivity contribution < 1.29 is 19.1 Å². The van der Waals surface area contributed by atoms with Crippen molar-refractivity contribution in [2.24, 2.45) is 5.73 Å². The Morgan fingerprint density at radius 2 is 2.06 bits per heavy atom. The van der Waals surface area contributed by atoms with Crippen molar-refractivity contribution in [1.29, 1.82) is 0 Å². The molecule has 0 radical (unpaired) electrons. The number of aromatic nitrogens is 2. The number of hydrogen-bond acceptors (Lipinski definition) is 6. The quantitative estimate of drug-likeness (QED) is 0.376. The van der Waals surface area contributed by atoms with Gasteiger partial charge in [-0.2, -0.15) is 0 Å². The van der Waals surface area contributed by atoms with E-state index in [1.54, 1.807) is 30.6 Å². The molecular formula is C23H21ClN4O4S. The summed E-state index contributed by atoms with van der Waals surface area (Å²) in [6, 6.07) is 12.8. The lowest BCUT2D eigenvalue weighted by Gasteiger charge is -2.14. The maximum absolute atomic E-state index is 12.1. The second kappa shape index (κ2) is 9.51. The topological polar surface area (TPSA) is 108 Å². The molecule has 8 nitrogen and oxygen atoms in total. The van der Waals surface area contributed by atoms with E-state index >= 15 is 0 Å². The van der Waals surface area contributed by atoms with Crippen LogP contribution in [0.5, 0.6) is 5.75 Å². The molecule has 33 heavy (non-hydrogen) atoms. The number of rotatable bonds is 7. The molecule has 0 saturated carbocycles. The minimum absolute atomic E-state index is 0.0132. The first-order chi connectivity index (χ1) is 15.9. The molecule has 3 aromatic heterocycles. The minimum atomic E-state index is -0.566. The van der Waals surface area contributed by atoms with Gasteiger partial charge in [0, 0.05) is 35.0 Å². The summed E-state index contributed by atoms with van der Waals surface area (Å²) < 4.78 is 12.5. The zero-order valence-electron chi connectivity index (χ0n) is 17.9. The Morgan fingerprint density at radius 3 is 2.79 bits per heavy atom. The van der Waals surface area contributed by atoms with Crippen molar-refractivity contribution in [2.75, 3.05) is 19.0 Å². The number of nitrogens with one attached hydrogen (secondary N) is 1. The molecule has 4 aromatic rings. The van der Waals surface area contributed by atoms with Gasteiger partial charge in [0.25, 0.3) is 5.91 Å². The van der Waals surface area contributed by atoms with Crippen LogP contribution in [0.3, 0.4) is 0 Å². The van der Waals surface area contributed by atoms with Crippen molar-refractivity contribution in [1.82, 2.24) is 9.38 Å². The highest BCUT2D eigenvalue weighted by Gasteiger charge is 2.20. The van der Waals surface area contributed by atoms with Gasteiger partial charge in [0.15, 0.2) is 0 Å². The molecule has 0 aliphatic heterocycles. The lowest BCUT2D eigenvalue weighted by molar-refractivity contribution is 0.1000. The summed E-state index contributed by atoms with van der Waals surface area (Å²) in [4.78, 5) is 29.0. The van der Waals surface area contributed by atoms with Gasteiger partial charge in [-0.1, -0.05) is 36.7 Å². The lowest BCUT2D eigenvalue weighted by Crippen LogP contribution is -2.13. The molecule has 1 unspecified atom stereocenters. The van der Waals surface area contributed by atoms with E-state index in [0.29, 0.717) is 33.6 Å². The van der Waals surface area contributed by atoms with E-state index < -0.39 is 12.0 Å². The number of benzene rings is 1. The number of methoxy groups -OCH3 is 1. The number of ether oxygens (including phenoxy) is 2. The highest BCUT2D eigenvalue weighted by molar-refractivity contribution is 7.17. The van der Waals surface area contributed by atoms with Gasteiger partial charge in [-0.05, 0) is 17.7 Å². The van der Waals surface area contributed by atoms with Crippen molar-refractivity contribution in [3.63, 3.8) is 0 Å². The molecule has 0 aliphatic rings. The second-order valence-corrected chi connectivity index (χ2v) is 8.76. The molecule has 0 bridgehead atoms. The molecule has 10 heteroatoms. The van der Waals surface area contributed by atoms with Crippen LogP contribution in [0.15, 0.2) is 54.9 Å². The molecule has 1 aromatic carbocycles. The number of hydrogen-bond donors (Lipinski definition) is 2. The van der Waals surface area contributed by atoms with E-state index in [-0.39, 0.29) is 5.92 Å². The van der Waals surface area contributed by atoms with Gasteiger partial charge in [-0.25, -0.2) is 9.78 Å². The van der Waals surface area contributed by atoms with Gasteiger partial charge in [0.2, 0.25) is 0 Å². The van der Waals surface area contributed by atoms with Crippen LogP contribution in [-0.2, 0) is 4.74 Å². The van der Waals surface area contributed by atoms with Gasteiger partial charge in [0.1, 0.15) is 16.3 Å². The van der Waals surface area contributed by atoms with Gasteiger partial charge in [0.05, 0.1) is 30.5 Å². The minimum Gasteiger partial charge on any atom is -0.491 e. The fourth-order valence-electron chi connectivity index (χ4n) is 3.37. The summed E-state index contributed by atoms with van der Waals surface area (Å²) in [5, 5.41) is 3.27. The van der Waals surface area contributed by atoms with Gasteiger partial charge in [-0.15, -0.1) is 11.3 Å². The normalized spacial score (nSPS) is 11.8. The van der Waals surface area contributed by atoms with E-state index in [0.717, 1.165) is 16.1 Å². The summed E-state index contributed by atoms with van der Waals surface area (Å²) in [6.45, 7) is 2.33. The van der Waals surface area contributed by atoms with Gasteiger partial charge in [-0.3, -0.25) is 14.5 Å². The third kappa shape index (κ3) is 4.79. The number of nitrogens with zero attached hydrogens (tertiary/aromatic N) is 2. The van der Waals surface area contributed by atoms with E-state index in [9.17, 15) is 9.59 Å². The predicted molar refractivity (Wildman–Crippen MR) is 128 cm³/mol. The highest BCUT2D eigenvalue weighted by atomic mass is 35.5. The van der Waals surface area contributed by atoms with Crippen molar-refractivity contribution in [3.8, 4) is 16.3 Å². The highest BCUT2D eigenvalue weighted by Crippen LogP contribution is 2.37. The molecule has 170 valence electrons. The van der Waals surface area contributed by atoms with Crippen LogP contribution in [0.2, 0.25) is 5.02 Å². The van der Waals surface area contributed by atoms with Crippen molar-refractivity contribution >= 4 is 46.3 Å². The molecule has 0 aliphatic carbocycles. The van der Waals surface area contributed by atoms with Crippen LogP contribution >= 0.6 is 22.9 Å². The van der Waals surface area contributed by atoms with Crippen LogP contribution in [-0.4, -0.2) is 35.1 Å². The Morgan fingerprint density at radius 1 is 1.27 bits per heavy atom. The third-order valence-electron chi connectivity index (χ3n) is 5.04. The van der Waals surface area contributed by atoms with E-state index in [2.05, 4.69) is 15.0 Å². The number of carbonyl (C=O) groups is 2. The first kappa shape index (κ1) is 22.6. The molecule has 3 heterocycles. The zero-order chi connectivity index (χ0) is 23.5. The molecule has 1 atom stereocenters. The fourth-order valence-corrected chi connectivity index (χ4v) is 4.65. The Balaban J connectivity index is 1.60. The maximum Gasteiger partial charge on any atom is 0.411 e. The Bertz CT molecular complexity index is 1330. The first-order valence-corrected chi connectivity index (χ1v) is 11.2. The number of nitrogens with two attached hydrogens (primary N) is 1. The monoisotopic (exact) mass is 484 g/mol. The largest absolute Gasteiger partial charge is 0.491 e. The number of carbonyl (C=O) groups excluding carboxylic acids is 2. The standard InChI is InChI=1S/C23H21ClN4O4S/c1-13(15-5-3-4-6-16(15)24)12-32-18-10-19(33-21(18)22(25)29)17-11-26-20-9-14(7-8-28(17)20)27-23(30)31-2/h3-11,13H,12H2,1-2H3,(H2,25,29)(H,27,30). The summed E-state index contributed by atoms with van der Waals surface area (Å²) in [7, 11) is 1.30. The number of halogens is 1. The van der Waals surface area contributed by atoms with Crippen LogP contribution in [0.4, 0.5) is 10.5 Å². The van der Waals surface area contributed by atoms with Gasteiger partial charge < -0.3 is 15.2 Å². The van der Waals surface area contributed by atoms with Crippen LogP contribution in [0.25, 0.3) is 16.2 Å². The molecule has 0 saturated heterocycles. The number of primary amides is 1. The van der Waals surface area contributed by atoms with Crippen LogP contribution < -0.4 is 15.8 Å². The smallest absolute Gasteiger partial charge is 0.411 e. The summed E-state index contributed by atoms with van der Waals surface area (Å²) in [5.41, 5.74) is 8.50. The summed E-state index contributed by atoms with van der Waals surface area (Å²) in [5.74, 6) is -0.135. The molecule has 3 N–H and O–H groups in total. The number of thiophene rings is 1. The number of imidazole rings is 1. The number of pyridine rings is 1. The van der Waals surface area contributed by atoms with Crippen molar-refractivity contribution in [3.05, 3.63) is 70.3 Å². The lowest BCUT2D eigenvalue weighted by atomic mass is 10.0. The molecule has 2 amide bonds. The van der Waals surface area contributed by atoms with E-state index in [4.69, 9.17) is 22.1 Å². The molecular weight excluding hydrogens is 464 g/mol. The molecule has 0 spiro atoms. The molecule has 4 rings (SSSR count). The number of fused-ring (bicyclic) bond motifs is 1. The average molecular weight is 485 g/mol. The zero-order valence-corrected chi connectivity index (χ0v) is 19.4. The second-order valence-electron chi connectivity index (χ2n) is 7.31. The van der Waals surface area contributed by atoms with Gasteiger partial charge >= 0.3 is 6.09 Å². The number of anilines is 1. The van der Waals surface area contributed by atoms with Crippen molar-refractivity contribution in [2.45, 2.75) is 12.8 Å². The Hall–Kier alpha value is -3.56. The Labute approximate surface area is 198 Å². The van der Waals surface area contributed by atoms with E-state index in [1.807, 2.05) is 35.6 Å². The Kier molecular flexibility index (Phi) is 6.52. The predicted octanol–water partition coefficient (Wildman–Crippen LogP) is 5.18. The van der Waals surface area contributed by atoms with Crippen LogP contribution in [0, 0.1) is 0 Å². The summed E-state index contributed by atoms with van der Waals surface area (Å²) in [6.07, 6.45) is 2.89.